The van der Waals surface area contributed by atoms with Gasteiger partial charge in [0.1, 0.15) is 29.1 Å². The molecule has 0 unspecified atom stereocenters. The van der Waals surface area contributed by atoms with Crippen molar-refractivity contribution in [2.45, 2.75) is 121 Å². The summed E-state index contributed by atoms with van der Waals surface area (Å²) in [5.41, 5.74) is 0.671. The lowest BCUT2D eigenvalue weighted by Crippen LogP contribution is -2.69. The molecule has 0 radical (unpaired) electrons. The molecule has 9 heteroatoms. The van der Waals surface area contributed by atoms with Gasteiger partial charge in [-0.15, -0.1) is 0 Å². The number of aromatic hydroxyl groups is 1. The van der Waals surface area contributed by atoms with Crippen molar-refractivity contribution in [3.8, 4) is 17.2 Å². The van der Waals surface area contributed by atoms with Gasteiger partial charge in [-0.05, 0) is 93.2 Å². The largest absolute Gasteiger partial charge is 0.504 e. The van der Waals surface area contributed by atoms with Gasteiger partial charge in [0.15, 0.2) is 11.5 Å². The lowest BCUT2D eigenvalue weighted by atomic mass is 9.51. The molecule has 40 heavy (non-hydrogen) atoms. The number of likely N-dealkylation sites (tertiary alicyclic amines) is 1. The zero-order valence-electron chi connectivity index (χ0n) is 25.3. The lowest BCUT2D eigenvalue weighted by molar-refractivity contribution is -0.159. The fourth-order valence-electron chi connectivity index (χ4n) is 7.70. The van der Waals surface area contributed by atoms with Gasteiger partial charge >= 0.3 is 11.9 Å². The molecule has 5 rings (SSSR count). The van der Waals surface area contributed by atoms with Crippen LogP contribution in [-0.2, 0) is 30.9 Å². The van der Waals surface area contributed by atoms with Gasteiger partial charge in [0, 0.05) is 41.1 Å². The van der Waals surface area contributed by atoms with E-state index in [1.54, 1.807) is 13.2 Å². The Morgan fingerprint density at radius 2 is 1.88 bits per heavy atom. The van der Waals surface area contributed by atoms with Crippen molar-refractivity contribution in [1.29, 1.82) is 0 Å². The molecule has 2 N–H and O–H groups in total. The van der Waals surface area contributed by atoms with E-state index in [1.165, 1.54) is 0 Å². The smallest absolute Gasteiger partial charge is 0.323 e. The monoisotopic (exact) mass is 558 g/mol. The van der Waals surface area contributed by atoms with Crippen LogP contribution in [0.1, 0.15) is 84.8 Å². The second kappa shape index (κ2) is 10.1. The number of esters is 2. The number of nitrogens with one attached hydrogen (secondary N) is 1. The molecule has 1 aromatic carbocycles. The number of rotatable bonds is 7. The highest BCUT2D eigenvalue weighted by Crippen LogP contribution is 2.65. The van der Waals surface area contributed by atoms with Gasteiger partial charge in [-0.2, -0.15) is 0 Å². The third kappa shape index (κ3) is 5.04. The summed E-state index contributed by atoms with van der Waals surface area (Å²) in [5.74, 6) is 1.00. The first-order chi connectivity index (χ1) is 18.6. The Kier molecular flexibility index (Phi) is 7.31. The van der Waals surface area contributed by atoms with Gasteiger partial charge in [0.2, 0.25) is 0 Å². The van der Waals surface area contributed by atoms with Crippen LogP contribution in [0.2, 0.25) is 0 Å². The molecule has 2 heterocycles. The predicted molar refractivity (Wildman–Crippen MR) is 150 cm³/mol. The molecule has 2 fully saturated rings. The first kappa shape index (κ1) is 29.0. The number of piperidine rings is 1. The quantitative estimate of drug-likeness (QED) is 0.483. The van der Waals surface area contributed by atoms with E-state index in [9.17, 15) is 14.7 Å². The first-order valence-corrected chi connectivity index (χ1v) is 14.7. The van der Waals surface area contributed by atoms with E-state index in [0.29, 0.717) is 23.5 Å². The number of carbonyl (C=O) groups excluding carboxylic acids is 2. The number of likely N-dealkylation sites (N-methyl/N-ethyl adjacent to an activating group) is 1. The molecule has 6 atom stereocenters. The van der Waals surface area contributed by atoms with Crippen LogP contribution < -0.4 is 14.8 Å². The highest BCUT2D eigenvalue weighted by Gasteiger charge is 2.66. The van der Waals surface area contributed by atoms with Crippen molar-refractivity contribution in [2.75, 3.05) is 20.7 Å². The molecule has 0 amide bonds. The van der Waals surface area contributed by atoms with Crippen molar-refractivity contribution in [3.63, 3.8) is 0 Å². The Bertz CT molecular complexity index is 1170. The zero-order chi connectivity index (χ0) is 29.2. The molecule has 1 spiro atoms. The Morgan fingerprint density at radius 1 is 1.18 bits per heavy atom. The summed E-state index contributed by atoms with van der Waals surface area (Å²) in [6.07, 6.45) is 3.63. The number of methoxy groups -OCH3 is 1. The fourth-order valence-corrected chi connectivity index (χ4v) is 7.70. The van der Waals surface area contributed by atoms with Crippen LogP contribution in [0.4, 0.5) is 0 Å². The van der Waals surface area contributed by atoms with E-state index in [-0.39, 0.29) is 48.1 Å². The normalized spacial score (nSPS) is 29.7. The highest BCUT2D eigenvalue weighted by atomic mass is 16.6. The Balaban J connectivity index is 1.46. The van der Waals surface area contributed by atoms with Crippen LogP contribution in [0.5, 0.6) is 17.2 Å². The van der Waals surface area contributed by atoms with Crippen LogP contribution >= 0.6 is 0 Å². The minimum atomic E-state index is -0.703. The van der Waals surface area contributed by atoms with Crippen molar-refractivity contribution in [1.82, 2.24) is 10.2 Å². The van der Waals surface area contributed by atoms with Gasteiger partial charge < -0.3 is 29.0 Å². The lowest BCUT2D eigenvalue weighted by Gasteiger charge is -2.59. The first-order valence-electron chi connectivity index (χ1n) is 14.7. The van der Waals surface area contributed by atoms with Crippen molar-refractivity contribution in [3.05, 3.63) is 17.2 Å². The molecule has 4 aliphatic rings. The number of hydrogen-bond acceptors (Lipinski definition) is 9. The SMILES string of the molecule is COc1cc(O)c2c3c1C[C@@H]1[C@@H]4CC[C@H](N[C@@H](CCC(=O)OC(C)(C)C)C(=O)OC(C)(C)C)[C@H](O2)[C@]34CCN1C. The van der Waals surface area contributed by atoms with E-state index in [4.69, 9.17) is 18.9 Å². The van der Waals surface area contributed by atoms with Crippen molar-refractivity contribution in [2.24, 2.45) is 5.92 Å². The van der Waals surface area contributed by atoms with Crippen molar-refractivity contribution >= 4 is 11.9 Å². The highest BCUT2D eigenvalue weighted by molar-refractivity contribution is 5.78. The van der Waals surface area contributed by atoms with E-state index in [2.05, 4.69) is 17.3 Å². The fraction of sp³-hybridized carbons (Fsp3) is 0.742. The molecule has 222 valence electrons. The van der Waals surface area contributed by atoms with Gasteiger partial charge in [-0.25, -0.2) is 0 Å². The van der Waals surface area contributed by atoms with Gasteiger partial charge in [0.05, 0.1) is 7.11 Å². The summed E-state index contributed by atoms with van der Waals surface area (Å²) in [6, 6.07) is 1.15. The zero-order valence-corrected chi connectivity index (χ0v) is 25.3. The molecular formula is C31H46N2O7. The predicted octanol–water partition coefficient (Wildman–Crippen LogP) is 3.86. The van der Waals surface area contributed by atoms with Gasteiger partial charge in [-0.1, -0.05) is 0 Å². The van der Waals surface area contributed by atoms with Crippen molar-refractivity contribution < 1.29 is 33.6 Å². The third-order valence-corrected chi connectivity index (χ3v) is 9.07. The number of benzene rings is 1. The van der Waals surface area contributed by atoms with Crippen LogP contribution in [-0.4, -0.2) is 78.1 Å². The van der Waals surface area contributed by atoms with Gasteiger partial charge in [-0.3, -0.25) is 14.9 Å². The average Bonchev–Trinajstić information content (AvgIpc) is 3.19. The summed E-state index contributed by atoms with van der Waals surface area (Å²) in [6.45, 7) is 12.0. The maximum absolute atomic E-state index is 13.4. The number of phenols is 1. The number of hydrogen-bond donors (Lipinski definition) is 2. The molecular weight excluding hydrogens is 512 g/mol. The molecule has 9 nitrogen and oxygen atoms in total. The van der Waals surface area contributed by atoms with Crippen LogP contribution in [0.15, 0.2) is 6.07 Å². The molecule has 0 aromatic heterocycles. The summed E-state index contributed by atoms with van der Waals surface area (Å²) >= 11 is 0. The molecule has 2 aliphatic carbocycles. The summed E-state index contributed by atoms with van der Waals surface area (Å²) in [7, 11) is 3.84. The molecule has 2 aliphatic heterocycles. The minimum Gasteiger partial charge on any atom is -0.504 e. The number of nitrogens with zero attached hydrogens (tertiary/aromatic N) is 1. The van der Waals surface area contributed by atoms with E-state index >= 15 is 0 Å². The third-order valence-electron chi connectivity index (χ3n) is 9.07. The Labute approximate surface area is 237 Å². The molecule has 1 saturated heterocycles. The van der Waals surface area contributed by atoms with E-state index < -0.39 is 17.2 Å². The maximum Gasteiger partial charge on any atom is 0.323 e. The maximum atomic E-state index is 13.4. The summed E-state index contributed by atoms with van der Waals surface area (Å²) in [4.78, 5) is 28.5. The molecule has 1 saturated carbocycles. The molecule has 1 aromatic rings. The Hall–Kier alpha value is -2.52. The number of carbonyl (C=O) groups is 2. The second-order valence-electron chi connectivity index (χ2n) is 14.0. The van der Waals surface area contributed by atoms with Crippen LogP contribution in [0.3, 0.4) is 0 Å². The van der Waals surface area contributed by atoms with Crippen LogP contribution in [0, 0.1) is 5.92 Å². The molecule has 2 bridgehead atoms. The minimum absolute atomic E-state index is 0.0927. The van der Waals surface area contributed by atoms with E-state index in [1.807, 2.05) is 41.5 Å². The number of ether oxygens (including phenoxy) is 4. The average molecular weight is 559 g/mol. The van der Waals surface area contributed by atoms with Gasteiger partial charge in [0.25, 0.3) is 0 Å². The topological polar surface area (TPSA) is 107 Å². The standard InChI is InChI=1S/C31H46N2O7/c1-29(2,3)39-24(35)12-11-20(28(36)40-30(4,5)6)32-19-10-9-18-21-15-17-23(37-8)16-22(34)26-25(17)31(18,27(19)38-26)13-14-33(21)7/h16,18-21,27,32,34H,9-15H2,1-8H3/t18-,19-,20-,21+,27-,31-/m0/s1. The summed E-state index contributed by atoms with van der Waals surface area (Å²) in [5, 5.41) is 14.6. The second-order valence-corrected chi connectivity index (χ2v) is 14.0. The Morgan fingerprint density at radius 3 is 2.52 bits per heavy atom. The van der Waals surface area contributed by atoms with Crippen LogP contribution in [0.25, 0.3) is 0 Å². The van der Waals surface area contributed by atoms with E-state index in [0.717, 1.165) is 43.4 Å². The summed E-state index contributed by atoms with van der Waals surface area (Å²) < 4.78 is 23.7. The number of phenolic OH excluding ortho intramolecular Hbond substituents is 1.